The third kappa shape index (κ3) is 4.30. The Morgan fingerprint density at radius 2 is 1.59 bits per heavy atom. The topological polar surface area (TPSA) is 0 Å². The maximum absolute atomic E-state index is 2.99. The SMILES string of the molecule is C[C-]1C2=C3Cc4ccccc4C3=C3C=CCCC3C2(C)C(C)(C)C(C)(C)C1(C)C.[C-]1=CC=CC1.[Cl-].[Cl-].[Zr+4]. The minimum absolute atomic E-state index is 0. The molecule has 0 spiro atoms. The van der Waals surface area contributed by atoms with Gasteiger partial charge in [-0.1, -0.05) is 113 Å². The van der Waals surface area contributed by atoms with Gasteiger partial charge in [-0.3, -0.25) is 6.08 Å². The van der Waals surface area contributed by atoms with Gasteiger partial charge in [0.1, 0.15) is 0 Å². The van der Waals surface area contributed by atoms with Crippen molar-refractivity contribution in [2.75, 3.05) is 0 Å². The Morgan fingerprint density at radius 3 is 2.19 bits per heavy atom. The molecule has 1 fully saturated rings. The standard InChI is InChI=1S/C29H37.C5H5.2ClH.Zr/c1-18-25-22-17-19-13-9-10-14-20(19)24(22)21-15-11-12-16-23(21)29(25,8)28(6,7)27(4,5)26(18,2)3;1-2-4-5-3-1;;;/h9-11,13-15,23H,12,16-17H2,1-8H3;1-3H,4H2;2*1H;/q2*-1;;;+4/p-2. The molecular weight excluding hydrogens is 571 g/mol. The number of hydrogen-bond acceptors (Lipinski definition) is 0. The first-order valence-electron chi connectivity index (χ1n) is 13.3. The van der Waals surface area contributed by atoms with Crippen molar-refractivity contribution in [1.29, 1.82) is 0 Å². The van der Waals surface area contributed by atoms with Gasteiger partial charge in [0.25, 0.3) is 0 Å². The van der Waals surface area contributed by atoms with Crippen LogP contribution in [0, 0.1) is 39.6 Å². The molecule has 2 atom stereocenters. The maximum Gasteiger partial charge on any atom is 4.00 e. The fraction of sp³-hybridized carbons (Fsp3) is 0.500. The van der Waals surface area contributed by atoms with Crippen LogP contribution in [0.3, 0.4) is 0 Å². The average molecular weight is 613 g/mol. The summed E-state index contributed by atoms with van der Waals surface area (Å²) in [5.74, 6) is 2.24. The number of hydrogen-bond donors (Lipinski definition) is 0. The molecule has 0 aromatic heterocycles. The molecule has 0 N–H and O–H groups in total. The molecule has 1 saturated carbocycles. The summed E-state index contributed by atoms with van der Waals surface area (Å²) in [6.45, 7) is 20.3. The second-order valence-electron chi connectivity index (χ2n) is 12.8. The summed E-state index contributed by atoms with van der Waals surface area (Å²) in [5.41, 5.74) is 10.3. The summed E-state index contributed by atoms with van der Waals surface area (Å²) in [7, 11) is 0. The van der Waals surface area contributed by atoms with Crippen molar-refractivity contribution in [1.82, 2.24) is 0 Å². The molecule has 5 aliphatic carbocycles. The van der Waals surface area contributed by atoms with Gasteiger partial charge in [-0.2, -0.15) is 17.2 Å². The van der Waals surface area contributed by atoms with E-state index in [1.54, 1.807) is 28.2 Å². The molecular formula is C34H42Cl2Zr. The summed E-state index contributed by atoms with van der Waals surface area (Å²) < 4.78 is 0. The van der Waals surface area contributed by atoms with Gasteiger partial charge in [0.2, 0.25) is 0 Å². The second-order valence-corrected chi connectivity index (χ2v) is 12.8. The summed E-state index contributed by atoms with van der Waals surface area (Å²) in [6.07, 6.45) is 18.5. The first kappa shape index (κ1) is 32.5. The summed E-state index contributed by atoms with van der Waals surface area (Å²) in [4.78, 5) is 0. The molecule has 37 heavy (non-hydrogen) atoms. The van der Waals surface area contributed by atoms with Gasteiger partial charge < -0.3 is 24.8 Å². The van der Waals surface area contributed by atoms with E-state index >= 15 is 0 Å². The molecule has 3 heteroatoms. The fourth-order valence-electron chi connectivity index (χ4n) is 7.91. The molecule has 0 aliphatic heterocycles. The van der Waals surface area contributed by atoms with Crippen LogP contribution in [0.2, 0.25) is 0 Å². The number of fused-ring (bicyclic) bond motifs is 6. The Kier molecular flexibility index (Phi) is 9.67. The van der Waals surface area contributed by atoms with E-state index < -0.39 is 0 Å². The molecule has 6 rings (SSSR count). The minimum atomic E-state index is 0. The molecule has 0 bridgehead atoms. The van der Waals surface area contributed by atoms with Gasteiger partial charge in [0, 0.05) is 0 Å². The van der Waals surface area contributed by atoms with E-state index in [0.29, 0.717) is 5.92 Å². The average Bonchev–Trinajstić information content (AvgIpc) is 3.50. The molecule has 5 aliphatic rings. The van der Waals surface area contributed by atoms with E-state index in [1.165, 1.54) is 24.0 Å². The second kappa shape index (κ2) is 11.0. The molecule has 0 nitrogen and oxygen atoms in total. The zero-order valence-corrected chi connectivity index (χ0v) is 27.8. The molecule has 2 unspecified atom stereocenters. The van der Waals surface area contributed by atoms with E-state index in [4.69, 9.17) is 0 Å². The van der Waals surface area contributed by atoms with E-state index in [1.807, 2.05) is 12.2 Å². The Labute approximate surface area is 258 Å². The van der Waals surface area contributed by atoms with E-state index in [2.05, 4.69) is 104 Å². The number of benzene rings is 1. The molecule has 0 amide bonds. The zero-order chi connectivity index (χ0) is 24.5. The van der Waals surface area contributed by atoms with Crippen molar-refractivity contribution in [3.05, 3.63) is 94.5 Å². The van der Waals surface area contributed by atoms with Crippen molar-refractivity contribution in [3.8, 4) is 0 Å². The Morgan fingerprint density at radius 1 is 0.919 bits per heavy atom. The van der Waals surface area contributed by atoms with Gasteiger partial charge in [-0.05, 0) is 40.6 Å². The predicted molar refractivity (Wildman–Crippen MR) is 146 cm³/mol. The molecule has 0 saturated heterocycles. The van der Waals surface area contributed by atoms with Gasteiger partial charge in [0.05, 0.1) is 0 Å². The monoisotopic (exact) mass is 610 g/mol. The van der Waals surface area contributed by atoms with Crippen LogP contribution in [0.5, 0.6) is 0 Å². The largest absolute Gasteiger partial charge is 4.00 e. The Balaban J connectivity index is 0.000000542. The molecule has 1 aromatic rings. The maximum atomic E-state index is 2.99. The van der Waals surface area contributed by atoms with Crippen LogP contribution in [0.25, 0.3) is 5.57 Å². The van der Waals surface area contributed by atoms with Gasteiger partial charge in [0.15, 0.2) is 0 Å². The van der Waals surface area contributed by atoms with Crippen molar-refractivity contribution in [3.63, 3.8) is 0 Å². The molecule has 1 aromatic carbocycles. The first-order valence-corrected chi connectivity index (χ1v) is 13.3. The van der Waals surface area contributed by atoms with E-state index in [-0.39, 0.29) is 72.7 Å². The summed E-state index contributed by atoms with van der Waals surface area (Å²) >= 11 is 0. The zero-order valence-electron chi connectivity index (χ0n) is 23.9. The van der Waals surface area contributed by atoms with Crippen LogP contribution >= 0.6 is 0 Å². The van der Waals surface area contributed by atoms with Crippen molar-refractivity contribution in [2.24, 2.45) is 27.6 Å². The summed E-state index contributed by atoms with van der Waals surface area (Å²) in [5, 5.41) is 0. The van der Waals surface area contributed by atoms with Gasteiger partial charge in [-0.15, -0.1) is 13.3 Å². The third-order valence-electron chi connectivity index (χ3n) is 11.4. The normalized spacial score (nSPS) is 28.4. The predicted octanol–water partition coefficient (Wildman–Crippen LogP) is 3.28. The quantitative estimate of drug-likeness (QED) is 0.395. The first-order chi connectivity index (χ1) is 16.0. The van der Waals surface area contributed by atoms with Crippen LogP contribution in [0.15, 0.2) is 71.4 Å². The van der Waals surface area contributed by atoms with E-state index in [9.17, 15) is 0 Å². The number of allylic oxidation sites excluding steroid dienone is 10. The van der Waals surface area contributed by atoms with Gasteiger partial charge >= 0.3 is 26.2 Å². The molecule has 0 radical (unpaired) electrons. The number of rotatable bonds is 0. The van der Waals surface area contributed by atoms with E-state index in [0.717, 1.165) is 12.8 Å². The Hall–Kier alpha value is -0.747. The van der Waals surface area contributed by atoms with Crippen LogP contribution in [-0.4, -0.2) is 0 Å². The third-order valence-corrected chi connectivity index (χ3v) is 11.4. The van der Waals surface area contributed by atoms with Crippen molar-refractivity contribution in [2.45, 2.75) is 81.1 Å². The van der Waals surface area contributed by atoms with Crippen molar-refractivity contribution < 1.29 is 51.0 Å². The summed E-state index contributed by atoms with van der Waals surface area (Å²) in [6, 6.07) is 9.16. The van der Waals surface area contributed by atoms with Gasteiger partial charge in [-0.25, -0.2) is 18.1 Å². The van der Waals surface area contributed by atoms with Crippen LogP contribution < -0.4 is 24.8 Å². The minimum Gasteiger partial charge on any atom is -1.00 e. The molecule has 0 heterocycles. The number of halogens is 2. The fourth-order valence-corrected chi connectivity index (χ4v) is 7.91. The van der Waals surface area contributed by atoms with Crippen LogP contribution in [-0.2, 0) is 32.6 Å². The smallest absolute Gasteiger partial charge is 1.00 e. The van der Waals surface area contributed by atoms with Crippen molar-refractivity contribution >= 4 is 5.57 Å². The van der Waals surface area contributed by atoms with Crippen LogP contribution in [0.4, 0.5) is 0 Å². The molecule has 196 valence electrons. The Bertz CT molecular complexity index is 1160. The van der Waals surface area contributed by atoms with Crippen LogP contribution in [0.1, 0.15) is 85.8 Å².